The SMILES string of the molecule is CCCC(C)(C)NC(C)C(=O)NC1CCCC1. The summed E-state index contributed by atoms with van der Waals surface area (Å²) in [6, 6.07) is 0.318. The molecule has 1 amide bonds. The van der Waals surface area contributed by atoms with Gasteiger partial charge < -0.3 is 10.6 Å². The highest BCUT2D eigenvalue weighted by Gasteiger charge is 2.25. The monoisotopic (exact) mass is 240 g/mol. The summed E-state index contributed by atoms with van der Waals surface area (Å²) in [5.41, 5.74) is 0.0428. The number of rotatable bonds is 6. The fourth-order valence-corrected chi connectivity index (χ4v) is 2.75. The fraction of sp³-hybridized carbons (Fsp3) is 0.929. The van der Waals surface area contributed by atoms with Gasteiger partial charge in [0, 0.05) is 11.6 Å². The quantitative estimate of drug-likeness (QED) is 0.749. The fourth-order valence-electron chi connectivity index (χ4n) is 2.75. The molecular weight excluding hydrogens is 212 g/mol. The van der Waals surface area contributed by atoms with Crippen LogP contribution in [0.4, 0.5) is 0 Å². The second-order valence-corrected chi connectivity index (χ2v) is 5.99. The molecule has 0 bridgehead atoms. The maximum atomic E-state index is 12.0. The first-order valence-electron chi connectivity index (χ1n) is 7.02. The van der Waals surface area contributed by atoms with Crippen molar-refractivity contribution in [2.24, 2.45) is 0 Å². The zero-order valence-electron chi connectivity index (χ0n) is 11.8. The van der Waals surface area contributed by atoms with Gasteiger partial charge in [0.2, 0.25) is 5.91 Å². The summed E-state index contributed by atoms with van der Waals surface area (Å²) in [5, 5.41) is 6.56. The van der Waals surface area contributed by atoms with Gasteiger partial charge in [-0.3, -0.25) is 4.79 Å². The summed E-state index contributed by atoms with van der Waals surface area (Å²) in [7, 11) is 0. The summed E-state index contributed by atoms with van der Waals surface area (Å²) in [6.45, 7) is 8.46. The van der Waals surface area contributed by atoms with Gasteiger partial charge in [-0.25, -0.2) is 0 Å². The van der Waals surface area contributed by atoms with Crippen molar-refractivity contribution in [1.82, 2.24) is 10.6 Å². The maximum absolute atomic E-state index is 12.0. The van der Waals surface area contributed by atoms with Crippen LogP contribution in [0.25, 0.3) is 0 Å². The molecule has 1 atom stereocenters. The minimum absolute atomic E-state index is 0.0428. The molecule has 100 valence electrons. The van der Waals surface area contributed by atoms with Crippen LogP contribution in [0.3, 0.4) is 0 Å². The second-order valence-electron chi connectivity index (χ2n) is 5.99. The standard InChI is InChI=1S/C14H28N2O/c1-5-10-14(3,4)16-11(2)13(17)15-12-8-6-7-9-12/h11-12,16H,5-10H2,1-4H3,(H,15,17). The lowest BCUT2D eigenvalue weighted by Gasteiger charge is -2.30. The Labute approximate surface area is 106 Å². The molecule has 3 heteroatoms. The van der Waals surface area contributed by atoms with E-state index in [1.54, 1.807) is 0 Å². The molecule has 0 aromatic carbocycles. The van der Waals surface area contributed by atoms with Crippen molar-refractivity contribution in [3.8, 4) is 0 Å². The van der Waals surface area contributed by atoms with Gasteiger partial charge in [-0.05, 0) is 40.0 Å². The molecule has 0 heterocycles. The molecule has 0 radical (unpaired) electrons. The summed E-state index contributed by atoms with van der Waals surface area (Å²) in [6.07, 6.45) is 7.04. The minimum atomic E-state index is -0.0999. The van der Waals surface area contributed by atoms with Crippen molar-refractivity contribution < 1.29 is 4.79 Å². The van der Waals surface area contributed by atoms with E-state index in [9.17, 15) is 4.79 Å². The summed E-state index contributed by atoms with van der Waals surface area (Å²) in [4.78, 5) is 12.0. The van der Waals surface area contributed by atoms with E-state index in [0.29, 0.717) is 6.04 Å². The van der Waals surface area contributed by atoms with E-state index in [-0.39, 0.29) is 17.5 Å². The molecule has 1 unspecified atom stereocenters. The first-order valence-corrected chi connectivity index (χ1v) is 7.02. The van der Waals surface area contributed by atoms with Crippen molar-refractivity contribution in [3.63, 3.8) is 0 Å². The van der Waals surface area contributed by atoms with Crippen LogP contribution in [-0.4, -0.2) is 23.5 Å². The third-order valence-electron chi connectivity index (χ3n) is 3.58. The van der Waals surface area contributed by atoms with E-state index in [4.69, 9.17) is 0 Å². The Kier molecular flexibility index (Phi) is 5.44. The average molecular weight is 240 g/mol. The Balaban J connectivity index is 2.35. The van der Waals surface area contributed by atoms with Gasteiger partial charge in [0.05, 0.1) is 6.04 Å². The first kappa shape index (κ1) is 14.5. The Morgan fingerprint density at radius 1 is 1.35 bits per heavy atom. The van der Waals surface area contributed by atoms with Crippen LogP contribution in [0.15, 0.2) is 0 Å². The van der Waals surface area contributed by atoms with E-state index < -0.39 is 0 Å². The number of amides is 1. The minimum Gasteiger partial charge on any atom is -0.352 e. The molecule has 17 heavy (non-hydrogen) atoms. The van der Waals surface area contributed by atoms with Crippen molar-refractivity contribution in [3.05, 3.63) is 0 Å². The lowest BCUT2D eigenvalue weighted by Crippen LogP contribution is -2.52. The van der Waals surface area contributed by atoms with E-state index >= 15 is 0 Å². The first-order chi connectivity index (χ1) is 7.94. The third-order valence-corrected chi connectivity index (χ3v) is 3.58. The summed E-state index contributed by atoms with van der Waals surface area (Å²) in [5.74, 6) is 0.154. The zero-order chi connectivity index (χ0) is 12.9. The highest BCUT2D eigenvalue weighted by atomic mass is 16.2. The Morgan fingerprint density at radius 2 is 1.94 bits per heavy atom. The molecule has 1 saturated carbocycles. The number of carbonyl (C=O) groups excluding carboxylic acids is 1. The van der Waals surface area contributed by atoms with Crippen molar-refractivity contribution >= 4 is 5.91 Å². The lowest BCUT2D eigenvalue weighted by atomic mass is 9.97. The molecule has 3 nitrogen and oxygen atoms in total. The van der Waals surface area contributed by atoms with Gasteiger partial charge in [0.15, 0.2) is 0 Å². The van der Waals surface area contributed by atoms with Crippen LogP contribution >= 0.6 is 0 Å². The van der Waals surface area contributed by atoms with Crippen LogP contribution < -0.4 is 10.6 Å². The van der Waals surface area contributed by atoms with Gasteiger partial charge in [-0.1, -0.05) is 26.2 Å². The smallest absolute Gasteiger partial charge is 0.237 e. The molecule has 0 aliphatic heterocycles. The van der Waals surface area contributed by atoms with E-state index in [1.165, 1.54) is 12.8 Å². The number of hydrogen-bond acceptors (Lipinski definition) is 2. The molecule has 0 aromatic rings. The topological polar surface area (TPSA) is 41.1 Å². The number of nitrogens with one attached hydrogen (secondary N) is 2. The van der Waals surface area contributed by atoms with Crippen LogP contribution in [0.1, 0.15) is 66.2 Å². The molecule has 1 aliphatic rings. The number of carbonyl (C=O) groups is 1. The summed E-state index contributed by atoms with van der Waals surface area (Å²) >= 11 is 0. The van der Waals surface area contributed by atoms with Crippen molar-refractivity contribution in [2.45, 2.75) is 83.8 Å². The predicted octanol–water partition coefficient (Wildman–Crippen LogP) is 2.60. The Bertz CT molecular complexity index is 245. The van der Waals surface area contributed by atoms with E-state index in [2.05, 4.69) is 31.4 Å². The summed E-state index contributed by atoms with van der Waals surface area (Å²) < 4.78 is 0. The van der Waals surface area contributed by atoms with Gasteiger partial charge in [-0.15, -0.1) is 0 Å². The van der Waals surface area contributed by atoms with Crippen molar-refractivity contribution in [1.29, 1.82) is 0 Å². The molecule has 1 aliphatic carbocycles. The number of hydrogen-bond donors (Lipinski definition) is 2. The molecule has 0 saturated heterocycles. The van der Waals surface area contributed by atoms with Gasteiger partial charge >= 0.3 is 0 Å². The normalized spacial score (nSPS) is 19.3. The van der Waals surface area contributed by atoms with Gasteiger partial charge in [0.25, 0.3) is 0 Å². The highest BCUT2D eigenvalue weighted by Crippen LogP contribution is 2.18. The molecule has 1 fully saturated rings. The maximum Gasteiger partial charge on any atom is 0.237 e. The molecule has 1 rings (SSSR count). The zero-order valence-corrected chi connectivity index (χ0v) is 11.8. The Hall–Kier alpha value is -0.570. The van der Waals surface area contributed by atoms with Gasteiger partial charge in [0.1, 0.15) is 0 Å². The van der Waals surface area contributed by atoms with Gasteiger partial charge in [-0.2, -0.15) is 0 Å². The third kappa shape index (κ3) is 5.07. The lowest BCUT2D eigenvalue weighted by molar-refractivity contribution is -0.123. The van der Waals surface area contributed by atoms with Crippen LogP contribution in [0.2, 0.25) is 0 Å². The van der Waals surface area contributed by atoms with Crippen LogP contribution in [0.5, 0.6) is 0 Å². The second kappa shape index (κ2) is 6.39. The van der Waals surface area contributed by atoms with Crippen molar-refractivity contribution in [2.75, 3.05) is 0 Å². The molecular formula is C14H28N2O. The van der Waals surface area contributed by atoms with E-state index in [1.807, 2.05) is 6.92 Å². The molecule has 2 N–H and O–H groups in total. The van der Waals surface area contributed by atoms with Crippen LogP contribution in [0, 0.1) is 0 Å². The molecule has 0 spiro atoms. The van der Waals surface area contributed by atoms with E-state index in [0.717, 1.165) is 25.7 Å². The average Bonchev–Trinajstić information content (AvgIpc) is 2.69. The largest absolute Gasteiger partial charge is 0.352 e. The highest BCUT2D eigenvalue weighted by molar-refractivity contribution is 5.81. The van der Waals surface area contributed by atoms with Crippen LogP contribution in [-0.2, 0) is 4.79 Å². The molecule has 0 aromatic heterocycles. The predicted molar refractivity (Wildman–Crippen MR) is 72.0 cm³/mol. The Morgan fingerprint density at radius 3 is 2.47 bits per heavy atom.